The molecule has 8 rings (SSSR count). The van der Waals surface area contributed by atoms with Gasteiger partial charge in [-0.3, -0.25) is 34.2 Å². The number of nitrogens with one attached hydrogen (secondary N) is 1. The summed E-state index contributed by atoms with van der Waals surface area (Å²) in [5.41, 5.74) is 1.17. The Kier molecular flexibility index (Phi) is 6.84. The molecule has 2 aliphatic carbocycles. The number of imide groups is 1. The number of amides is 3. The van der Waals surface area contributed by atoms with E-state index in [1.807, 2.05) is 24.3 Å². The number of nitro groups is 1. The smallest absolute Gasteiger partial charge is 0.305 e. The number of hydrogen-bond donors (Lipinski definition) is 1. The summed E-state index contributed by atoms with van der Waals surface area (Å²) in [4.78, 5) is 70.5. The van der Waals surface area contributed by atoms with Crippen LogP contribution in [0.2, 0.25) is 0 Å². The molecule has 0 spiro atoms. The summed E-state index contributed by atoms with van der Waals surface area (Å²) in [6.07, 6.45) is 0.739. The van der Waals surface area contributed by atoms with Crippen molar-refractivity contribution in [2.45, 2.75) is 22.6 Å². The molecule has 14 heteroatoms. The molecule has 45 heavy (non-hydrogen) atoms. The molecule has 4 heterocycles. The zero-order chi connectivity index (χ0) is 31.0. The van der Waals surface area contributed by atoms with E-state index >= 15 is 0 Å². The number of morpholine rings is 1. The molecule has 3 amide bonds. The Morgan fingerprint density at radius 1 is 1.04 bits per heavy atom. The highest BCUT2D eigenvalue weighted by molar-refractivity contribution is 8.00. The fourth-order valence-corrected chi connectivity index (χ4v) is 11.1. The molecule has 12 nitrogen and oxygen atoms in total. The van der Waals surface area contributed by atoms with Gasteiger partial charge in [0.25, 0.3) is 11.6 Å². The number of nitro benzene ring substituents is 1. The van der Waals surface area contributed by atoms with Crippen molar-refractivity contribution in [2.24, 2.45) is 29.6 Å². The molecule has 1 aromatic heterocycles. The second-order valence-electron chi connectivity index (χ2n) is 12.1. The number of thioether (sulfide) groups is 1. The zero-order valence-corrected chi connectivity index (χ0v) is 25.5. The van der Waals surface area contributed by atoms with E-state index in [-0.39, 0.29) is 63.8 Å². The van der Waals surface area contributed by atoms with Gasteiger partial charge in [-0.1, -0.05) is 23.5 Å². The van der Waals surface area contributed by atoms with Crippen LogP contribution in [0.25, 0.3) is 0 Å². The summed E-state index contributed by atoms with van der Waals surface area (Å²) in [7, 11) is 0. The van der Waals surface area contributed by atoms with Gasteiger partial charge in [0.1, 0.15) is 5.75 Å². The summed E-state index contributed by atoms with van der Waals surface area (Å²) in [6.45, 7) is 1.99. The molecule has 0 radical (unpaired) electrons. The Morgan fingerprint density at radius 2 is 1.78 bits per heavy atom. The molecule has 2 saturated heterocycles. The van der Waals surface area contributed by atoms with E-state index in [1.165, 1.54) is 40.5 Å². The van der Waals surface area contributed by atoms with Crippen molar-refractivity contribution in [3.63, 3.8) is 0 Å². The first-order valence-electron chi connectivity index (χ1n) is 14.9. The molecule has 3 aliphatic heterocycles. The fraction of sp³-hybridized carbons (Fsp3) is 0.419. The number of rotatable bonds is 6. The number of aromatic amines is 1. The molecule has 0 unspecified atom stereocenters. The molecular weight excluding hydrogens is 620 g/mol. The Balaban J connectivity index is 1.10. The Labute approximate surface area is 264 Å². The highest BCUT2D eigenvalue weighted by atomic mass is 32.2. The van der Waals surface area contributed by atoms with Gasteiger partial charge in [0, 0.05) is 41.3 Å². The topological polar surface area (TPSA) is 152 Å². The molecule has 5 aliphatic rings. The first kappa shape index (κ1) is 28.5. The van der Waals surface area contributed by atoms with Crippen molar-refractivity contribution in [1.82, 2.24) is 9.88 Å². The maximum absolute atomic E-state index is 14.0. The lowest BCUT2D eigenvalue weighted by molar-refractivity contribution is -0.384. The minimum atomic E-state index is -0.514. The van der Waals surface area contributed by atoms with Gasteiger partial charge >= 0.3 is 4.87 Å². The van der Waals surface area contributed by atoms with Crippen molar-refractivity contribution >= 4 is 52.2 Å². The van der Waals surface area contributed by atoms with Crippen LogP contribution in [0.3, 0.4) is 0 Å². The molecular formula is C31H28N4O8S2. The third-order valence-electron chi connectivity index (χ3n) is 9.99. The number of benzene rings is 2. The highest BCUT2D eigenvalue weighted by Gasteiger charge is 2.69. The molecule has 232 valence electrons. The van der Waals surface area contributed by atoms with Crippen LogP contribution in [-0.4, -0.2) is 70.7 Å². The van der Waals surface area contributed by atoms with Gasteiger partial charge in [0.05, 0.1) is 40.7 Å². The lowest BCUT2D eigenvalue weighted by Crippen LogP contribution is -2.43. The highest BCUT2D eigenvalue weighted by Crippen LogP contribution is 2.68. The molecule has 7 atom stereocenters. The number of hydrogen-bond acceptors (Lipinski definition) is 10. The largest absolute Gasteiger partial charge is 0.484 e. The summed E-state index contributed by atoms with van der Waals surface area (Å²) in [6, 6.07) is 13.1. The van der Waals surface area contributed by atoms with E-state index in [1.54, 1.807) is 16.7 Å². The number of thiazole rings is 1. The summed E-state index contributed by atoms with van der Waals surface area (Å²) >= 11 is 2.78. The number of aromatic nitrogens is 1. The number of non-ortho nitro benzene ring substituents is 1. The molecule has 2 saturated carbocycles. The minimum Gasteiger partial charge on any atom is -0.484 e. The monoisotopic (exact) mass is 648 g/mol. The first-order valence-corrected chi connectivity index (χ1v) is 16.6. The number of anilines is 1. The summed E-state index contributed by atoms with van der Waals surface area (Å²) in [5.74, 6) is -1.38. The van der Waals surface area contributed by atoms with Gasteiger partial charge in [0.2, 0.25) is 11.8 Å². The van der Waals surface area contributed by atoms with Crippen molar-refractivity contribution < 1.29 is 28.8 Å². The van der Waals surface area contributed by atoms with Gasteiger partial charge in [-0.25, -0.2) is 0 Å². The number of carbonyl (C=O) groups excluding carboxylic acids is 3. The first-order chi connectivity index (χ1) is 21.8. The van der Waals surface area contributed by atoms with Crippen LogP contribution in [0.1, 0.15) is 22.8 Å². The van der Waals surface area contributed by atoms with Crippen LogP contribution in [-0.2, 0) is 19.1 Å². The maximum atomic E-state index is 14.0. The Hall–Kier alpha value is -4.01. The van der Waals surface area contributed by atoms with E-state index < -0.39 is 16.8 Å². The van der Waals surface area contributed by atoms with Gasteiger partial charge in [-0.2, -0.15) is 0 Å². The zero-order valence-electron chi connectivity index (χ0n) is 23.8. The molecule has 2 bridgehead atoms. The van der Waals surface area contributed by atoms with Gasteiger partial charge < -0.3 is 19.4 Å². The molecule has 3 aromatic rings. The Bertz CT molecular complexity index is 1780. The van der Waals surface area contributed by atoms with Crippen LogP contribution in [0.5, 0.6) is 5.75 Å². The maximum Gasteiger partial charge on any atom is 0.305 e. The van der Waals surface area contributed by atoms with Crippen molar-refractivity contribution in [2.75, 3.05) is 37.8 Å². The van der Waals surface area contributed by atoms with Crippen LogP contribution in [0, 0.1) is 39.7 Å². The predicted molar refractivity (Wildman–Crippen MR) is 163 cm³/mol. The fourth-order valence-electron chi connectivity index (χ4n) is 8.21. The second-order valence-corrected chi connectivity index (χ2v) is 14.3. The van der Waals surface area contributed by atoms with E-state index in [4.69, 9.17) is 9.47 Å². The lowest BCUT2D eigenvalue weighted by Gasteiger charge is -2.43. The number of ether oxygens (including phenoxy) is 2. The van der Waals surface area contributed by atoms with E-state index in [9.17, 15) is 29.3 Å². The third kappa shape index (κ3) is 4.52. The predicted octanol–water partition coefficient (Wildman–Crippen LogP) is 3.26. The van der Waals surface area contributed by atoms with Crippen molar-refractivity contribution in [1.29, 1.82) is 0 Å². The molecule has 4 fully saturated rings. The molecule has 1 N–H and O–H groups in total. The van der Waals surface area contributed by atoms with Crippen molar-refractivity contribution in [3.8, 4) is 5.75 Å². The van der Waals surface area contributed by atoms with Gasteiger partial charge in [-0.05, 0) is 54.0 Å². The quantitative estimate of drug-likeness (QED) is 0.241. The summed E-state index contributed by atoms with van der Waals surface area (Å²) < 4.78 is 11.3. The second kappa shape index (κ2) is 10.8. The average Bonchev–Trinajstić information content (AvgIpc) is 3.79. The van der Waals surface area contributed by atoms with E-state index in [0.717, 1.165) is 21.9 Å². The SMILES string of the molecule is O=C(COc1cccc([C@@H]2c3sc(=O)[nH]c3S[C@@H]3[C@@H]4C[C@@H]([C@@H]5C(=O)N(c6ccc([N+](=O)[O-])cc6)C(=O)[C@@H]45)[C@H]23)c1)N1CCOCC1. The van der Waals surface area contributed by atoms with E-state index in [0.29, 0.717) is 37.7 Å². The van der Waals surface area contributed by atoms with Crippen molar-refractivity contribution in [3.05, 3.63) is 78.8 Å². The number of carbonyl (C=O) groups is 3. The van der Waals surface area contributed by atoms with Crippen LogP contribution in [0.15, 0.2) is 58.4 Å². The Morgan fingerprint density at radius 3 is 2.51 bits per heavy atom. The third-order valence-corrected chi connectivity index (χ3v) is 12.6. The average molecular weight is 649 g/mol. The minimum absolute atomic E-state index is 0.000933. The number of nitrogens with zero attached hydrogens (tertiary/aromatic N) is 3. The van der Waals surface area contributed by atoms with E-state index in [2.05, 4.69) is 4.98 Å². The summed E-state index contributed by atoms with van der Waals surface area (Å²) in [5, 5.41) is 12.0. The van der Waals surface area contributed by atoms with Crippen LogP contribution >= 0.6 is 23.1 Å². The number of fused-ring (bicyclic) bond motifs is 9. The molecule has 2 aromatic carbocycles. The van der Waals surface area contributed by atoms with Crippen LogP contribution in [0.4, 0.5) is 11.4 Å². The number of H-pyrrole nitrogens is 1. The standard InChI is InChI=1S/C31H28N4O8S2/c36-21(33-8-10-42-11-9-33)14-43-18-3-1-2-15(12-18)22-23-19-13-20(26(23)44-28-27(22)45-31(39)32-28)25-24(19)29(37)34(30(25)38)16-4-6-17(7-5-16)35(40)41/h1-7,12,19-20,22-26H,8-11,13-14H2,(H,32,39)/t19-,20-,22+,23-,24+,25+,26-/m1/s1. The van der Waals surface area contributed by atoms with Crippen LogP contribution < -0.4 is 14.5 Å². The van der Waals surface area contributed by atoms with Gasteiger partial charge in [0.15, 0.2) is 6.61 Å². The van der Waals surface area contributed by atoms with Gasteiger partial charge in [-0.15, -0.1) is 11.8 Å². The lowest BCUT2D eigenvalue weighted by atomic mass is 9.68. The normalized spacial score (nSPS) is 29.8.